The number of rotatable bonds is 6. The summed E-state index contributed by atoms with van der Waals surface area (Å²) in [6.45, 7) is 0.597. The summed E-state index contributed by atoms with van der Waals surface area (Å²) in [6, 6.07) is 20.7. The topological polar surface area (TPSA) is 88.6 Å². The van der Waals surface area contributed by atoms with E-state index >= 15 is 0 Å². The zero-order valence-corrected chi connectivity index (χ0v) is 20.8. The summed E-state index contributed by atoms with van der Waals surface area (Å²) < 4.78 is 32.4. The lowest BCUT2D eigenvalue weighted by Gasteiger charge is -2.30. The largest absolute Gasteiger partial charge is 0.497 e. The highest BCUT2D eigenvalue weighted by Gasteiger charge is 2.32. The van der Waals surface area contributed by atoms with Crippen molar-refractivity contribution < 1.29 is 17.9 Å². The number of hydrogen-bond donors (Lipinski definition) is 1. The van der Waals surface area contributed by atoms with E-state index in [1.165, 1.54) is 28.1 Å². The van der Waals surface area contributed by atoms with E-state index < -0.39 is 10.0 Å². The number of anilines is 1. The zero-order chi connectivity index (χ0) is 24.4. The van der Waals surface area contributed by atoms with Crippen LogP contribution in [0.2, 0.25) is 0 Å². The predicted molar refractivity (Wildman–Crippen MR) is 138 cm³/mol. The Balaban J connectivity index is 1.20. The molecule has 0 aliphatic carbocycles. The van der Waals surface area contributed by atoms with E-state index in [1.807, 2.05) is 23.6 Å². The molecule has 1 N–H and O–H groups in total. The van der Waals surface area contributed by atoms with Gasteiger partial charge < -0.3 is 10.1 Å². The lowest BCUT2D eigenvalue weighted by molar-refractivity contribution is -0.120. The molecule has 1 fully saturated rings. The Morgan fingerprint density at radius 2 is 1.74 bits per heavy atom. The normalized spacial score (nSPS) is 15.2. The smallest absolute Gasteiger partial charge is 0.243 e. The highest BCUT2D eigenvalue weighted by atomic mass is 32.2. The van der Waals surface area contributed by atoms with Gasteiger partial charge in [-0.3, -0.25) is 4.79 Å². The molecule has 180 valence electrons. The van der Waals surface area contributed by atoms with Crippen molar-refractivity contribution in [3.63, 3.8) is 0 Å². The van der Waals surface area contributed by atoms with E-state index in [9.17, 15) is 13.2 Å². The molecule has 5 rings (SSSR count). The molecule has 0 spiro atoms. The van der Waals surface area contributed by atoms with Gasteiger partial charge in [0.05, 0.1) is 17.7 Å². The quantitative estimate of drug-likeness (QED) is 0.396. The Hall–Kier alpha value is -3.27. The van der Waals surface area contributed by atoms with Crippen LogP contribution in [0.25, 0.3) is 22.0 Å². The third-order valence-corrected chi connectivity index (χ3v) is 8.97. The Morgan fingerprint density at radius 1 is 1.03 bits per heavy atom. The van der Waals surface area contributed by atoms with Gasteiger partial charge in [-0.25, -0.2) is 13.4 Å². The fraction of sp³-hybridized carbons (Fsp3) is 0.231. The summed E-state index contributed by atoms with van der Waals surface area (Å²) >= 11 is 1.39. The van der Waals surface area contributed by atoms with Crippen LogP contribution in [0.3, 0.4) is 0 Å². The van der Waals surface area contributed by atoms with Crippen LogP contribution in [0.4, 0.5) is 5.13 Å². The van der Waals surface area contributed by atoms with Crippen molar-refractivity contribution in [1.82, 2.24) is 9.29 Å². The SMILES string of the molecule is COc1ccc(S(=O)(=O)N2CCC(C(=O)Nc3nc(-c4ccc5ccccc5c4)cs3)CC2)cc1. The predicted octanol–water partition coefficient (Wildman–Crippen LogP) is 5.01. The van der Waals surface area contributed by atoms with Crippen molar-refractivity contribution in [1.29, 1.82) is 0 Å². The zero-order valence-electron chi connectivity index (χ0n) is 19.2. The number of hydrogen-bond acceptors (Lipinski definition) is 6. The summed E-state index contributed by atoms with van der Waals surface area (Å²) in [7, 11) is -2.07. The molecule has 35 heavy (non-hydrogen) atoms. The van der Waals surface area contributed by atoms with Gasteiger partial charge in [-0.05, 0) is 53.9 Å². The first-order chi connectivity index (χ1) is 16.9. The number of piperidine rings is 1. The second-order valence-corrected chi connectivity index (χ2v) is 11.2. The highest BCUT2D eigenvalue weighted by molar-refractivity contribution is 7.89. The number of carbonyl (C=O) groups is 1. The van der Waals surface area contributed by atoms with Crippen LogP contribution in [-0.2, 0) is 14.8 Å². The van der Waals surface area contributed by atoms with Crippen LogP contribution in [0, 0.1) is 5.92 Å². The number of nitrogens with zero attached hydrogens (tertiary/aromatic N) is 2. The van der Waals surface area contributed by atoms with E-state index in [4.69, 9.17) is 4.74 Å². The van der Waals surface area contributed by atoms with Gasteiger partial charge in [0.25, 0.3) is 0 Å². The van der Waals surface area contributed by atoms with Crippen LogP contribution in [0.1, 0.15) is 12.8 Å². The van der Waals surface area contributed by atoms with Crippen molar-refractivity contribution >= 4 is 43.2 Å². The number of methoxy groups -OCH3 is 1. The maximum Gasteiger partial charge on any atom is 0.243 e. The fourth-order valence-electron chi connectivity index (χ4n) is 4.27. The van der Waals surface area contributed by atoms with Crippen molar-refractivity contribution in [2.75, 3.05) is 25.5 Å². The number of carbonyl (C=O) groups excluding carboxylic acids is 1. The van der Waals surface area contributed by atoms with Crippen LogP contribution >= 0.6 is 11.3 Å². The van der Waals surface area contributed by atoms with Gasteiger partial charge in [-0.1, -0.05) is 36.4 Å². The molecule has 2 heterocycles. The van der Waals surface area contributed by atoms with E-state index in [1.54, 1.807) is 24.3 Å². The standard InChI is InChI=1S/C26H25N3O4S2/c1-33-22-8-10-23(11-9-22)35(31,32)29-14-12-19(13-15-29)25(30)28-26-27-24(17-34-26)21-7-6-18-4-2-3-5-20(18)16-21/h2-11,16-17,19H,12-15H2,1H3,(H,27,28,30). The van der Waals surface area contributed by atoms with Gasteiger partial charge in [0, 0.05) is 30.0 Å². The highest BCUT2D eigenvalue weighted by Crippen LogP contribution is 2.30. The van der Waals surface area contributed by atoms with E-state index in [-0.39, 0.29) is 16.7 Å². The minimum Gasteiger partial charge on any atom is -0.497 e. The molecule has 1 aromatic heterocycles. The molecule has 1 aliphatic rings. The minimum absolute atomic E-state index is 0.120. The van der Waals surface area contributed by atoms with Gasteiger partial charge in [-0.15, -0.1) is 11.3 Å². The molecule has 0 saturated carbocycles. The Morgan fingerprint density at radius 3 is 2.46 bits per heavy atom. The maximum absolute atomic E-state index is 12.9. The van der Waals surface area contributed by atoms with Gasteiger partial charge in [0.1, 0.15) is 5.75 Å². The maximum atomic E-state index is 12.9. The molecule has 1 amide bonds. The molecular weight excluding hydrogens is 482 g/mol. The third kappa shape index (κ3) is 4.93. The number of thiazole rings is 1. The lowest BCUT2D eigenvalue weighted by Crippen LogP contribution is -2.41. The summed E-state index contributed by atoms with van der Waals surface area (Å²) in [4.78, 5) is 17.7. The molecule has 7 nitrogen and oxygen atoms in total. The van der Waals surface area contributed by atoms with Gasteiger partial charge in [0.15, 0.2) is 5.13 Å². The molecule has 4 aromatic rings. The van der Waals surface area contributed by atoms with Gasteiger partial charge >= 0.3 is 0 Å². The average Bonchev–Trinajstić information content (AvgIpc) is 3.37. The van der Waals surface area contributed by atoms with Crippen molar-refractivity contribution in [2.24, 2.45) is 5.92 Å². The molecule has 9 heteroatoms. The number of fused-ring (bicyclic) bond motifs is 1. The average molecular weight is 508 g/mol. The fourth-order valence-corrected chi connectivity index (χ4v) is 6.47. The van der Waals surface area contributed by atoms with Crippen molar-refractivity contribution in [2.45, 2.75) is 17.7 Å². The van der Waals surface area contributed by atoms with Crippen LogP contribution in [0.15, 0.2) is 77.0 Å². The molecule has 1 aliphatic heterocycles. The second kappa shape index (κ2) is 9.77. The van der Waals surface area contributed by atoms with Crippen LogP contribution in [0.5, 0.6) is 5.75 Å². The van der Waals surface area contributed by atoms with Crippen molar-refractivity contribution in [3.8, 4) is 17.0 Å². The van der Waals surface area contributed by atoms with E-state index in [0.29, 0.717) is 36.8 Å². The molecule has 0 bridgehead atoms. The number of sulfonamides is 1. The number of benzene rings is 3. The number of aromatic nitrogens is 1. The summed E-state index contributed by atoms with van der Waals surface area (Å²) in [6.07, 6.45) is 0.925. The Kier molecular flexibility index (Phi) is 6.55. The first kappa shape index (κ1) is 23.5. The Bertz CT molecular complexity index is 1460. The first-order valence-electron chi connectivity index (χ1n) is 11.3. The third-order valence-electron chi connectivity index (χ3n) is 6.30. The molecule has 0 radical (unpaired) electrons. The molecule has 0 atom stereocenters. The number of ether oxygens (including phenoxy) is 1. The summed E-state index contributed by atoms with van der Waals surface area (Å²) in [5, 5.41) is 7.71. The second-order valence-electron chi connectivity index (χ2n) is 8.44. The summed E-state index contributed by atoms with van der Waals surface area (Å²) in [5.41, 5.74) is 1.81. The first-order valence-corrected chi connectivity index (χ1v) is 13.7. The minimum atomic E-state index is -3.60. The summed E-state index contributed by atoms with van der Waals surface area (Å²) in [5.74, 6) is 0.224. The van der Waals surface area contributed by atoms with Gasteiger partial charge in [-0.2, -0.15) is 4.31 Å². The van der Waals surface area contributed by atoms with E-state index in [0.717, 1.165) is 16.6 Å². The molecule has 0 unspecified atom stereocenters. The van der Waals surface area contributed by atoms with E-state index in [2.05, 4.69) is 34.6 Å². The van der Waals surface area contributed by atoms with Crippen LogP contribution < -0.4 is 10.1 Å². The molecule has 1 saturated heterocycles. The monoisotopic (exact) mass is 507 g/mol. The number of amides is 1. The lowest BCUT2D eigenvalue weighted by atomic mass is 9.97. The van der Waals surface area contributed by atoms with Crippen molar-refractivity contribution in [3.05, 3.63) is 72.1 Å². The van der Waals surface area contributed by atoms with Crippen LogP contribution in [-0.4, -0.2) is 43.8 Å². The van der Waals surface area contributed by atoms with Gasteiger partial charge in [0.2, 0.25) is 15.9 Å². The Labute approximate surface area is 208 Å². The number of nitrogens with one attached hydrogen (secondary N) is 1. The molecular formula is C26H25N3O4S2. The molecule has 3 aromatic carbocycles.